The molecule has 0 atom stereocenters. The number of hydrogen-bond donors (Lipinski definition) is 2. The number of aromatic nitrogens is 8. The van der Waals surface area contributed by atoms with Crippen LogP contribution in [0.15, 0.2) is 73.3 Å². The molecule has 6 aromatic rings. The fourth-order valence-electron chi connectivity index (χ4n) is 4.30. The lowest BCUT2D eigenvalue weighted by Crippen LogP contribution is -2.27. The van der Waals surface area contributed by atoms with Crippen molar-refractivity contribution in [3.05, 3.63) is 83.6 Å². The van der Waals surface area contributed by atoms with Gasteiger partial charge in [-0.2, -0.15) is 15.0 Å². The molecule has 0 aliphatic rings. The maximum atomic E-state index is 9.81. The van der Waals surface area contributed by atoms with Crippen LogP contribution in [0.5, 0.6) is 0 Å². The van der Waals surface area contributed by atoms with Crippen molar-refractivity contribution in [1.29, 1.82) is 0 Å². The number of halogens is 2. The molecule has 0 fully saturated rings. The molecule has 4 heterocycles. The Morgan fingerprint density at radius 1 is 0.690 bits per heavy atom. The normalized spacial score (nSPS) is 12.0. The Kier molecular flexibility index (Phi) is 8.25. The summed E-state index contributed by atoms with van der Waals surface area (Å²) in [6, 6.07) is 15.5. The zero-order valence-electron chi connectivity index (χ0n) is 23.6. The number of fused-ring (bicyclic) bond motifs is 2. The van der Waals surface area contributed by atoms with Crippen molar-refractivity contribution in [3.63, 3.8) is 0 Å². The summed E-state index contributed by atoms with van der Waals surface area (Å²) in [4.78, 5) is 9.62. The maximum Gasteiger partial charge on any atom is 0.129 e. The van der Waals surface area contributed by atoms with Crippen LogP contribution in [0.25, 0.3) is 44.1 Å². The highest BCUT2D eigenvalue weighted by molar-refractivity contribution is 6.30. The fraction of sp³-hybridized carbons (Fsp3) is 0.267. The first-order valence-corrected chi connectivity index (χ1v) is 13.9. The number of nitrogens with zero attached hydrogens (tertiary/aromatic N) is 8. The highest BCUT2D eigenvalue weighted by Crippen LogP contribution is 2.25. The summed E-state index contributed by atoms with van der Waals surface area (Å²) in [5.74, 6) is 0. The Bertz CT molecular complexity index is 1720. The number of benzene rings is 2. The van der Waals surface area contributed by atoms with Crippen LogP contribution in [0.1, 0.15) is 27.7 Å². The molecule has 0 bridgehead atoms. The molecule has 0 saturated carbocycles. The topological polar surface area (TPSA) is 128 Å². The molecule has 0 saturated heterocycles. The van der Waals surface area contributed by atoms with E-state index in [-0.39, 0.29) is 0 Å². The fourth-order valence-corrected chi connectivity index (χ4v) is 4.64. The largest absolute Gasteiger partial charge is 0.389 e. The summed E-state index contributed by atoms with van der Waals surface area (Å²) in [5.41, 5.74) is 1.74. The predicted octanol–water partition coefficient (Wildman–Crippen LogP) is 5.84. The number of hydrogen-bond acceptors (Lipinski definition) is 8. The van der Waals surface area contributed by atoms with E-state index >= 15 is 0 Å². The van der Waals surface area contributed by atoms with Gasteiger partial charge in [0, 0.05) is 34.3 Å². The van der Waals surface area contributed by atoms with E-state index in [2.05, 4.69) is 30.5 Å². The van der Waals surface area contributed by atoms with E-state index in [0.29, 0.717) is 23.4 Å². The molecular formula is C30H30Cl2N8O2. The molecule has 0 unspecified atom stereocenters. The summed E-state index contributed by atoms with van der Waals surface area (Å²) in [6.45, 7) is 7.65. The summed E-state index contributed by atoms with van der Waals surface area (Å²) in [5, 5.41) is 41.4. The van der Waals surface area contributed by atoms with Gasteiger partial charge in [-0.15, -0.1) is 5.10 Å². The van der Waals surface area contributed by atoms with Crippen molar-refractivity contribution >= 4 is 44.7 Å². The molecule has 12 heteroatoms. The number of rotatable bonds is 6. The Balaban J connectivity index is 0.000000168. The molecule has 0 radical (unpaired) electrons. The van der Waals surface area contributed by atoms with Gasteiger partial charge in [0.1, 0.15) is 21.7 Å². The zero-order valence-corrected chi connectivity index (χ0v) is 25.1. The number of pyridine rings is 2. The van der Waals surface area contributed by atoms with Crippen LogP contribution >= 0.6 is 23.2 Å². The van der Waals surface area contributed by atoms with Crippen LogP contribution in [0.3, 0.4) is 0 Å². The molecule has 216 valence electrons. The van der Waals surface area contributed by atoms with E-state index in [4.69, 9.17) is 23.2 Å². The lowest BCUT2D eigenvalue weighted by Gasteiger charge is -2.15. The molecule has 2 N–H and O–H groups in total. The Morgan fingerprint density at radius 2 is 1.24 bits per heavy atom. The van der Waals surface area contributed by atoms with Crippen LogP contribution in [0.4, 0.5) is 0 Å². The van der Waals surface area contributed by atoms with Gasteiger partial charge in [0.2, 0.25) is 0 Å². The second-order valence-corrected chi connectivity index (χ2v) is 12.1. The van der Waals surface area contributed by atoms with Gasteiger partial charge in [-0.05, 0) is 62.7 Å². The Labute approximate surface area is 252 Å². The molecule has 0 aliphatic carbocycles. The third-order valence-corrected chi connectivity index (χ3v) is 6.53. The minimum absolute atomic E-state index is 0.344. The van der Waals surface area contributed by atoms with Crippen molar-refractivity contribution in [2.24, 2.45) is 0 Å². The first-order chi connectivity index (χ1) is 19.8. The second kappa shape index (κ2) is 11.7. The molecule has 4 aromatic heterocycles. The molecule has 0 aliphatic heterocycles. The monoisotopic (exact) mass is 604 g/mol. The lowest BCUT2D eigenvalue weighted by molar-refractivity contribution is 0.0531. The van der Waals surface area contributed by atoms with E-state index in [1.54, 1.807) is 51.0 Å². The van der Waals surface area contributed by atoms with Crippen LogP contribution in [0, 0.1) is 0 Å². The van der Waals surface area contributed by atoms with E-state index in [0.717, 1.165) is 44.1 Å². The minimum atomic E-state index is -0.848. The van der Waals surface area contributed by atoms with E-state index < -0.39 is 11.2 Å². The summed E-state index contributed by atoms with van der Waals surface area (Å²) in [6.07, 6.45) is 7.00. The van der Waals surface area contributed by atoms with E-state index in [9.17, 15) is 10.2 Å². The SMILES string of the molecule is CC(C)(O)Cn1cc(-c2ccc3cnc(Cl)cc3c2)nn1.CC(C)(O)Cn1ncc(-c2ccc3cnc(Cl)cc3c2)n1. The number of aliphatic hydroxyl groups is 2. The summed E-state index contributed by atoms with van der Waals surface area (Å²) in [7, 11) is 0. The quantitative estimate of drug-likeness (QED) is 0.227. The van der Waals surface area contributed by atoms with E-state index in [1.165, 1.54) is 4.80 Å². The highest BCUT2D eigenvalue weighted by atomic mass is 35.5. The average Bonchev–Trinajstić information content (AvgIpc) is 3.56. The van der Waals surface area contributed by atoms with Crippen LogP contribution in [-0.4, -0.2) is 61.4 Å². The lowest BCUT2D eigenvalue weighted by atomic mass is 10.1. The van der Waals surface area contributed by atoms with Crippen molar-refractivity contribution in [3.8, 4) is 22.5 Å². The van der Waals surface area contributed by atoms with Crippen LogP contribution in [0.2, 0.25) is 10.3 Å². The van der Waals surface area contributed by atoms with Gasteiger partial charge in [-0.3, -0.25) is 0 Å². The van der Waals surface area contributed by atoms with Crippen molar-refractivity contribution in [1.82, 2.24) is 40.0 Å². The van der Waals surface area contributed by atoms with Gasteiger partial charge in [-0.1, -0.05) is 52.7 Å². The van der Waals surface area contributed by atoms with E-state index in [1.807, 2.05) is 54.7 Å². The molecule has 0 amide bonds. The van der Waals surface area contributed by atoms with Gasteiger partial charge in [0.15, 0.2) is 0 Å². The van der Waals surface area contributed by atoms with Crippen LogP contribution < -0.4 is 0 Å². The van der Waals surface area contributed by atoms with Crippen molar-refractivity contribution < 1.29 is 10.2 Å². The highest BCUT2D eigenvalue weighted by Gasteiger charge is 2.16. The first-order valence-electron chi connectivity index (χ1n) is 13.2. The maximum absolute atomic E-state index is 9.81. The smallest absolute Gasteiger partial charge is 0.129 e. The van der Waals surface area contributed by atoms with Gasteiger partial charge < -0.3 is 10.2 Å². The van der Waals surface area contributed by atoms with Crippen LogP contribution in [-0.2, 0) is 13.1 Å². The summed E-state index contributed by atoms with van der Waals surface area (Å²) < 4.78 is 1.64. The third-order valence-electron chi connectivity index (χ3n) is 6.12. The van der Waals surface area contributed by atoms with Gasteiger partial charge >= 0.3 is 0 Å². The standard InChI is InChI=1S/2C15H15ClN4O/c1-15(2,21)9-20-8-13(18-19-20)10-3-4-11-7-17-14(16)6-12(11)5-10;1-15(2,21)9-20-18-8-13(19-20)10-3-4-11-7-17-14(16)6-12(11)5-10/h2*3-8,21H,9H2,1-2H3. The predicted molar refractivity (Wildman–Crippen MR) is 164 cm³/mol. The molecule has 10 nitrogen and oxygen atoms in total. The Morgan fingerprint density at radius 3 is 1.79 bits per heavy atom. The Hall–Kier alpha value is -3.96. The summed E-state index contributed by atoms with van der Waals surface area (Å²) >= 11 is 11.8. The van der Waals surface area contributed by atoms with Gasteiger partial charge in [0.25, 0.3) is 0 Å². The second-order valence-electron chi connectivity index (χ2n) is 11.3. The first kappa shape index (κ1) is 29.5. The molecule has 0 spiro atoms. The molecule has 2 aromatic carbocycles. The van der Waals surface area contributed by atoms with Crippen molar-refractivity contribution in [2.45, 2.75) is 52.0 Å². The minimum Gasteiger partial charge on any atom is -0.389 e. The van der Waals surface area contributed by atoms with Crippen molar-refractivity contribution in [2.75, 3.05) is 0 Å². The average molecular weight is 606 g/mol. The molecular weight excluding hydrogens is 575 g/mol. The molecule has 42 heavy (non-hydrogen) atoms. The zero-order chi connectivity index (χ0) is 30.1. The molecule has 6 rings (SSSR count). The van der Waals surface area contributed by atoms with Gasteiger partial charge in [-0.25, -0.2) is 14.6 Å². The van der Waals surface area contributed by atoms with Gasteiger partial charge in [0.05, 0.1) is 36.7 Å². The third kappa shape index (κ3) is 7.65.